The molecule has 0 nitrogen and oxygen atoms in total. The fourth-order valence-electron chi connectivity index (χ4n) is 1.13. The van der Waals surface area contributed by atoms with Gasteiger partial charge in [0.2, 0.25) is 0 Å². The Bertz CT molecular complexity index is 63.3. The van der Waals surface area contributed by atoms with Gasteiger partial charge in [-0.1, -0.05) is 38.8 Å². The fourth-order valence-corrected chi connectivity index (χ4v) is 5.52. The van der Waals surface area contributed by atoms with Gasteiger partial charge in [-0.05, 0) is 0 Å². The highest BCUT2D eigenvalue weighted by Gasteiger charge is 2.17. The molecule has 0 aromatic heterocycles. The van der Waals surface area contributed by atoms with Crippen LogP contribution >= 0.6 is 11.6 Å². The first kappa shape index (κ1) is 9.51. The molecule has 0 bridgehead atoms. The molecule has 0 heterocycles. The predicted octanol–water partition coefficient (Wildman–Crippen LogP) is 2.81. The van der Waals surface area contributed by atoms with Crippen molar-refractivity contribution in [3.8, 4) is 0 Å². The molecular formula is C7H17ClSi. The van der Waals surface area contributed by atoms with Gasteiger partial charge in [-0.15, -0.1) is 11.6 Å². The highest BCUT2D eigenvalue weighted by atomic mass is 35.5. The summed E-state index contributed by atoms with van der Waals surface area (Å²) >= 11 is 5.82. The van der Waals surface area contributed by atoms with Crippen molar-refractivity contribution in [2.24, 2.45) is 0 Å². The number of hydrogen-bond acceptors (Lipinski definition) is 0. The van der Waals surface area contributed by atoms with Crippen LogP contribution in [0.25, 0.3) is 0 Å². The molecule has 0 atom stereocenters. The van der Waals surface area contributed by atoms with E-state index >= 15 is 0 Å². The number of alkyl halides is 1. The Labute approximate surface area is 65.2 Å². The summed E-state index contributed by atoms with van der Waals surface area (Å²) in [4.78, 5) is 0. The lowest BCUT2D eigenvalue weighted by atomic mass is 10.5. The average Bonchev–Trinajstić information content (AvgIpc) is 1.64. The van der Waals surface area contributed by atoms with E-state index in [-0.39, 0.29) is 0 Å². The molecule has 56 valence electrons. The van der Waals surface area contributed by atoms with E-state index in [4.69, 9.17) is 11.6 Å². The highest BCUT2D eigenvalue weighted by molar-refractivity contribution is 6.69. The van der Waals surface area contributed by atoms with Crippen LogP contribution in [0.2, 0.25) is 11.1 Å². The molecule has 0 unspecified atom stereocenters. The summed E-state index contributed by atoms with van der Waals surface area (Å²) in [7, 11) is -0.594. The number of hydrogen-bond donors (Lipinski definition) is 0. The minimum Gasteiger partial charge on any atom is -0.130 e. The van der Waals surface area contributed by atoms with Gasteiger partial charge in [0.25, 0.3) is 0 Å². The summed E-state index contributed by atoms with van der Waals surface area (Å²) in [5.74, 6) is 0. The first-order valence-electron chi connectivity index (χ1n) is 3.65. The van der Waals surface area contributed by atoms with Gasteiger partial charge in [0.05, 0.1) is 8.80 Å². The Morgan fingerprint density at radius 2 is 1.44 bits per heavy atom. The standard InChI is InChI=1S/C7H17ClSi/c1-6(2)9(5-8)7(3)4/h6-7,9H,5H2,1-4H3. The van der Waals surface area contributed by atoms with Gasteiger partial charge in [-0.3, -0.25) is 0 Å². The number of rotatable bonds is 3. The van der Waals surface area contributed by atoms with Gasteiger partial charge in [0.15, 0.2) is 0 Å². The molecule has 0 saturated heterocycles. The normalized spacial score (nSPS) is 12.0. The predicted molar refractivity (Wildman–Crippen MR) is 48.1 cm³/mol. The summed E-state index contributed by atoms with van der Waals surface area (Å²) in [6, 6.07) is 0. The molecule has 0 spiro atoms. The third-order valence-electron chi connectivity index (χ3n) is 1.89. The molecule has 0 fully saturated rings. The average molecular weight is 165 g/mol. The third-order valence-corrected chi connectivity index (χ3v) is 6.74. The van der Waals surface area contributed by atoms with Crippen LogP contribution in [-0.4, -0.2) is 14.3 Å². The highest BCUT2D eigenvalue weighted by Crippen LogP contribution is 2.20. The molecule has 0 aliphatic rings. The van der Waals surface area contributed by atoms with E-state index in [9.17, 15) is 0 Å². The first-order chi connectivity index (χ1) is 4.09. The Morgan fingerprint density at radius 3 is 1.44 bits per heavy atom. The van der Waals surface area contributed by atoms with Gasteiger partial charge in [-0.25, -0.2) is 0 Å². The quantitative estimate of drug-likeness (QED) is 0.445. The first-order valence-corrected chi connectivity index (χ1v) is 6.34. The molecule has 0 aromatic rings. The zero-order valence-corrected chi connectivity index (χ0v) is 8.73. The van der Waals surface area contributed by atoms with Crippen LogP contribution in [0.15, 0.2) is 0 Å². The second-order valence-electron chi connectivity index (χ2n) is 3.31. The summed E-state index contributed by atoms with van der Waals surface area (Å²) in [6.07, 6.45) is 0. The molecule has 0 amide bonds. The SMILES string of the molecule is CC(C)[SiH](CCl)C(C)C. The van der Waals surface area contributed by atoms with E-state index in [2.05, 4.69) is 27.7 Å². The minimum atomic E-state index is -0.594. The van der Waals surface area contributed by atoms with Gasteiger partial charge in [0.1, 0.15) is 0 Å². The second kappa shape index (κ2) is 4.34. The van der Waals surface area contributed by atoms with E-state index in [1.54, 1.807) is 0 Å². The molecule has 2 heteroatoms. The van der Waals surface area contributed by atoms with Crippen LogP contribution in [0.4, 0.5) is 0 Å². The topological polar surface area (TPSA) is 0 Å². The summed E-state index contributed by atoms with van der Waals surface area (Å²) in [5, 5.41) is 0. The molecule has 0 N–H and O–H groups in total. The zero-order chi connectivity index (χ0) is 7.44. The zero-order valence-electron chi connectivity index (χ0n) is 6.82. The Morgan fingerprint density at radius 1 is 1.11 bits per heavy atom. The summed E-state index contributed by atoms with van der Waals surface area (Å²) in [6.45, 7) is 9.16. The van der Waals surface area contributed by atoms with Crippen LogP contribution in [-0.2, 0) is 0 Å². The lowest BCUT2D eigenvalue weighted by Gasteiger charge is -2.19. The number of halogens is 1. The van der Waals surface area contributed by atoms with Crippen molar-refractivity contribution in [3.05, 3.63) is 0 Å². The molecular weight excluding hydrogens is 148 g/mol. The van der Waals surface area contributed by atoms with Crippen molar-refractivity contribution in [2.45, 2.75) is 38.8 Å². The van der Waals surface area contributed by atoms with E-state index in [1.165, 1.54) is 0 Å². The Kier molecular flexibility index (Phi) is 4.59. The van der Waals surface area contributed by atoms with Crippen LogP contribution in [0.5, 0.6) is 0 Å². The van der Waals surface area contributed by atoms with Crippen molar-refractivity contribution in [1.82, 2.24) is 0 Å². The van der Waals surface area contributed by atoms with Gasteiger partial charge >= 0.3 is 0 Å². The van der Waals surface area contributed by atoms with Gasteiger partial charge < -0.3 is 0 Å². The van der Waals surface area contributed by atoms with Crippen LogP contribution < -0.4 is 0 Å². The van der Waals surface area contributed by atoms with Crippen molar-refractivity contribution in [1.29, 1.82) is 0 Å². The van der Waals surface area contributed by atoms with Gasteiger partial charge in [0, 0.05) is 5.50 Å². The summed E-state index contributed by atoms with van der Waals surface area (Å²) in [5.41, 5.74) is 2.67. The third kappa shape index (κ3) is 3.26. The monoisotopic (exact) mass is 164 g/mol. The van der Waals surface area contributed by atoms with Crippen LogP contribution in [0.3, 0.4) is 0 Å². The molecule has 0 radical (unpaired) electrons. The maximum atomic E-state index is 5.82. The van der Waals surface area contributed by atoms with Crippen LogP contribution in [0, 0.1) is 0 Å². The van der Waals surface area contributed by atoms with E-state index in [0.29, 0.717) is 0 Å². The van der Waals surface area contributed by atoms with E-state index in [1.807, 2.05) is 0 Å². The molecule has 9 heavy (non-hydrogen) atoms. The molecule has 0 saturated carbocycles. The van der Waals surface area contributed by atoms with Crippen LogP contribution in [0.1, 0.15) is 27.7 Å². The largest absolute Gasteiger partial charge is 0.130 e. The lowest BCUT2D eigenvalue weighted by molar-refractivity contribution is 0.939. The van der Waals surface area contributed by atoms with Crippen molar-refractivity contribution in [3.63, 3.8) is 0 Å². The molecule has 0 aliphatic carbocycles. The second-order valence-corrected chi connectivity index (χ2v) is 8.53. The van der Waals surface area contributed by atoms with Crippen molar-refractivity contribution >= 4 is 20.4 Å². The minimum absolute atomic E-state index is 0.594. The Balaban J connectivity index is 3.68. The lowest BCUT2D eigenvalue weighted by Crippen LogP contribution is -2.23. The van der Waals surface area contributed by atoms with E-state index < -0.39 is 8.80 Å². The molecule has 0 rings (SSSR count). The summed E-state index contributed by atoms with van der Waals surface area (Å²) < 4.78 is 0. The Hall–Kier alpha value is 0.507. The van der Waals surface area contributed by atoms with Crippen molar-refractivity contribution < 1.29 is 0 Å². The maximum absolute atomic E-state index is 5.82. The van der Waals surface area contributed by atoms with Gasteiger partial charge in [-0.2, -0.15) is 0 Å². The van der Waals surface area contributed by atoms with E-state index in [0.717, 1.165) is 16.6 Å². The van der Waals surface area contributed by atoms with Crippen molar-refractivity contribution in [2.75, 3.05) is 5.50 Å². The maximum Gasteiger partial charge on any atom is 0.0591 e. The molecule has 0 aliphatic heterocycles. The smallest absolute Gasteiger partial charge is 0.0591 e. The molecule has 0 aromatic carbocycles. The fraction of sp³-hybridized carbons (Fsp3) is 1.00.